The Morgan fingerprint density at radius 3 is 1.29 bits per heavy atom. The molecule has 1 aliphatic carbocycles. The summed E-state index contributed by atoms with van der Waals surface area (Å²) >= 11 is 0. The minimum atomic E-state index is -0.0301. The van der Waals surface area contributed by atoms with Crippen LogP contribution in [0.5, 0.6) is 0 Å². The van der Waals surface area contributed by atoms with Crippen molar-refractivity contribution in [3.8, 4) is 12.1 Å². The van der Waals surface area contributed by atoms with Gasteiger partial charge in [-0.1, -0.05) is 53.7 Å². The van der Waals surface area contributed by atoms with Gasteiger partial charge in [-0.2, -0.15) is 10.5 Å². The van der Waals surface area contributed by atoms with E-state index in [0.717, 1.165) is 41.5 Å². The third kappa shape index (κ3) is 4.31. The van der Waals surface area contributed by atoms with E-state index in [2.05, 4.69) is 91.8 Å². The summed E-state index contributed by atoms with van der Waals surface area (Å²) in [6.45, 7) is 17.4. The molecule has 0 atom stereocenters. The Bertz CT molecular complexity index is 1060. The van der Waals surface area contributed by atoms with E-state index in [9.17, 15) is 10.5 Å². The Morgan fingerprint density at radius 1 is 0.645 bits per heavy atom. The average Bonchev–Trinajstić information content (AvgIpc) is 2.67. The Balaban J connectivity index is 2.47. The minimum absolute atomic E-state index is 0.0301. The quantitative estimate of drug-likeness (QED) is 0.456. The van der Waals surface area contributed by atoms with E-state index >= 15 is 0 Å². The standard InChI is InChI=1S/C29H34N2/c1-18-20-10-9-11-21-13-23(29(6,7)8)15-25(19(21)2)27(17-31)26(16-30)24(18)14-22(12-20)28(3,4)5/h12-15H,9-11H2,1-8H3/b27-26-. The van der Waals surface area contributed by atoms with Gasteiger partial charge in [-0.25, -0.2) is 0 Å². The molecule has 0 amide bonds. The molecule has 2 aromatic carbocycles. The molecule has 0 aromatic heterocycles. The fraction of sp³-hybridized carbons (Fsp3) is 0.448. The molecule has 0 N–H and O–H groups in total. The summed E-state index contributed by atoms with van der Waals surface area (Å²) in [5, 5.41) is 20.5. The van der Waals surface area contributed by atoms with Crippen LogP contribution in [0.3, 0.4) is 0 Å². The highest BCUT2D eigenvalue weighted by Gasteiger charge is 2.25. The molecule has 0 fully saturated rings. The predicted molar refractivity (Wildman–Crippen MR) is 130 cm³/mol. The lowest BCUT2D eigenvalue weighted by molar-refractivity contribution is 0.588. The number of nitrogens with zero attached hydrogens (tertiary/aromatic N) is 2. The van der Waals surface area contributed by atoms with E-state index in [1.807, 2.05) is 0 Å². The number of aryl methyl sites for hydroxylation is 2. The summed E-state index contributed by atoms with van der Waals surface area (Å²) in [4.78, 5) is 0. The molecular formula is C29H34N2. The molecule has 4 bridgehead atoms. The van der Waals surface area contributed by atoms with E-state index in [-0.39, 0.29) is 10.8 Å². The highest BCUT2D eigenvalue weighted by atomic mass is 14.3. The van der Waals surface area contributed by atoms with Crippen LogP contribution in [0, 0.1) is 36.5 Å². The topological polar surface area (TPSA) is 47.6 Å². The molecule has 160 valence electrons. The fourth-order valence-electron chi connectivity index (χ4n) is 4.42. The third-order valence-corrected chi connectivity index (χ3v) is 6.67. The second kappa shape index (κ2) is 8.01. The van der Waals surface area contributed by atoms with Gasteiger partial charge in [-0.05, 0) is 101 Å². The van der Waals surface area contributed by atoms with Crippen LogP contribution in [-0.2, 0) is 23.7 Å². The van der Waals surface area contributed by atoms with E-state index in [4.69, 9.17) is 0 Å². The molecule has 3 rings (SSSR count). The first-order valence-electron chi connectivity index (χ1n) is 11.2. The van der Waals surface area contributed by atoms with Crippen molar-refractivity contribution in [1.29, 1.82) is 10.5 Å². The summed E-state index contributed by atoms with van der Waals surface area (Å²) in [6.07, 6.45) is 2.99. The first kappa shape index (κ1) is 22.8. The van der Waals surface area contributed by atoms with Crippen LogP contribution in [0.4, 0.5) is 0 Å². The van der Waals surface area contributed by atoms with Gasteiger partial charge in [0.15, 0.2) is 0 Å². The number of benzene rings is 2. The lowest BCUT2D eigenvalue weighted by Gasteiger charge is -2.24. The van der Waals surface area contributed by atoms with Gasteiger partial charge in [0.2, 0.25) is 0 Å². The van der Waals surface area contributed by atoms with Crippen molar-refractivity contribution in [3.05, 3.63) is 68.8 Å². The van der Waals surface area contributed by atoms with Gasteiger partial charge in [0, 0.05) is 0 Å². The Kier molecular flexibility index (Phi) is 5.90. The Morgan fingerprint density at radius 2 is 1.00 bits per heavy atom. The molecule has 2 nitrogen and oxygen atoms in total. The lowest BCUT2D eigenvalue weighted by Crippen LogP contribution is -2.13. The van der Waals surface area contributed by atoms with Gasteiger partial charge in [0.05, 0.1) is 11.1 Å². The van der Waals surface area contributed by atoms with Gasteiger partial charge in [0.25, 0.3) is 0 Å². The van der Waals surface area contributed by atoms with Gasteiger partial charge < -0.3 is 0 Å². The van der Waals surface area contributed by atoms with Crippen LogP contribution < -0.4 is 0 Å². The zero-order valence-corrected chi connectivity index (χ0v) is 20.3. The molecule has 0 unspecified atom stereocenters. The first-order chi connectivity index (χ1) is 14.4. The molecule has 0 aliphatic heterocycles. The van der Waals surface area contributed by atoms with Crippen molar-refractivity contribution >= 4 is 11.1 Å². The number of hydrogen-bond donors (Lipinski definition) is 0. The van der Waals surface area contributed by atoms with Crippen LogP contribution in [0.15, 0.2) is 24.3 Å². The largest absolute Gasteiger partial charge is 0.192 e. The van der Waals surface area contributed by atoms with Crippen LogP contribution in [-0.4, -0.2) is 0 Å². The van der Waals surface area contributed by atoms with Crippen molar-refractivity contribution in [1.82, 2.24) is 0 Å². The zero-order valence-electron chi connectivity index (χ0n) is 20.3. The molecule has 0 saturated heterocycles. The van der Waals surface area contributed by atoms with Crippen LogP contribution in [0.1, 0.15) is 92.5 Å². The SMILES string of the molecule is Cc1c2cc(C(C)(C)C)cc1/C(C#N)=C(/C#N)c1cc(C(C)(C)C)cc(c1C)CCC2. The number of allylic oxidation sites excluding steroid dienone is 2. The summed E-state index contributed by atoms with van der Waals surface area (Å²) in [5.41, 5.74) is 10.0. The Hall–Kier alpha value is -2.84. The van der Waals surface area contributed by atoms with E-state index < -0.39 is 0 Å². The normalized spacial score (nSPS) is 16.8. The zero-order chi connectivity index (χ0) is 23.1. The number of nitriles is 2. The van der Waals surface area contributed by atoms with E-state index in [0.29, 0.717) is 11.1 Å². The Labute approximate surface area is 188 Å². The number of fused-ring (bicyclic) bond motifs is 4. The van der Waals surface area contributed by atoms with Crippen molar-refractivity contribution in [3.63, 3.8) is 0 Å². The lowest BCUT2D eigenvalue weighted by atomic mass is 9.80. The predicted octanol–water partition coefficient (Wildman–Crippen LogP) is 7.35. The smallest absolute Gasteiger partial charge is 0.101 e. The molecule has 2 aromatic rings. The molecule has 0 saturated carbocycles. The maximum Gasteiger partial charge on any atom is 0.101 e. The van der Waals surface area contributed by atoms with Gasteiger partial charge in [0.1, 0.15) is 12.1 Å². The first-order valence-corrected chi connectivity index (χ1v) is 11.2. The monoisotopic (exact) mass is 410 g/mol. The average molecular weight is 411 g/mol. The van der Waals surface area contributed by atoms with Gasteiger partial charge in [-0.3, -0.25) is 0 Å². The van der Waals surface area contributed by atoms with Crippen molar-refractivity contribution < 1.29 is 0 Å². The maximum absolute atomic E-state index is 10.3. The maximum atomic E-state index is 10.3. The summed E-state index contributed by atoms with van der Waals surface area (Å²) in [6, 6.07) is 13.7. The van der Waals surface area contributed by atoms with Crippen molar-refractivity contribution in [2.75, 3.05) is 0 Å². The highest BCUT2D eigenvalue weighted by Crippen LogP contribution is 2.38. The van der Waals surface area contributed by atoms with Gasteiger partial charge in [-0.15, -0.1) is 0 Å². The molecule has 1 aliphatic rings. The van der Waals surface area contributed by atoms with E-state index in [1.165, 1.54) is 22.3 Å². The summed E-state index contributed by atoms with van der Waals surface area (Å²) in [7, 11) is 0. The fourth-order valence-corrected chi connectivity index (χ4v) is 4.42. The minimum Gasteiger partial charge on any atom is -0.192 e. The molecule has 31 heavy (non-hydrogen) atoms. The molecule has 2 heteroatoms. The third-order valence-electron chi connectivity index (χ3n) is 6.67. The van der Waals surface area contributed by atoms with Gasteiger partial charge >= 0.3 is 0 Å². The number of hydrogen-bond acceptors (Lipinski definition) is 2. The van der Waals surface area contributed by atoms with Crippen molar-refractivity contribution in [2.45, 2.75) is 85.5 Å². The summed E-state index contributed by atoms with van der Waals surface area (Å²) in [5.74, 6) is 0. The summed E-state index contributed by atoms with van der Waals surface area (Å²) < 4.78 is 0. The number of rotatable bonds is 0. The highest BCUT2D eigenvalue weighted by molar-refractivity contribution is 6.04. The second-order valence-electron chi connectivity index (χ2n) is 10.9. The van der Waals surface area contributed by atoms with Crippen molar-refractivity contribution in [2.24, 2.45) is 0 Å². The second-order valence-corrected chi connectivity index (χ2v) is 10.9. The molecular weight excluding hydrogens is 376 g/mol. The van der Waals surface area contributed by atoms with Crippen LogP contribution >= 0.6 is 0 Å². The molecule has 0 radical (unpaired) electrons. The molecule has 0 heterocycles. The molecule has 0 spiro atoms. The van der Waals surface area contributed by atoms with Crippen LogP contribution in [0.25, 0.3) is 11.1 Å². The van der Waals surface area contributed by atoms with E-state index in [1.54, 1.807) is 0 Å². The van der Waals surface area contributed by atoms with Crippen LogP contribution in [0.2, 0.25) is 0 Å².